The molecule has 4 rings (SSSR count). The van der Waals surface area contributed by atoms with Crippen molar-refractivity contribution in [1.29, 1.82) is 0 Å². The predicted octanol–water partition coefficient (Wildman–Crippen LogP) is 4.29. The summed E-state index contributed by atoms with van der Waals surface area (Å²) in [5.74, 6) is 0.923. The number of fused-ring (bicyclic) bond motifs is 1. The highest BCUT2D eigenvalue weighted by Gasteiger charge is 2.26. The maximum atomic E-state index is 6.00. The topological polar surface area (TPSA) is 15.7 Å². The molecule has 0 saturated carbocycles. The van der Waals surface area contributed by atoms with E-state index < -0.39 is 0 Å². The fraction of sp³-hybridized carbons (Fsp3) is 0.455. The molecule has 2 aliphatic rings. The van der Waals surface area contributed by atoms with Crippen molar-refractivity contribution in [2.45, 2.75) is 31.7 Å². The summed E-state index contributed by atoms with van der Waals surface area (Å²) in [5, 5.41) is 2.47. The van der Waals surface area contributed by atoms with Crippen LogP contribution < -0.4 is 4.74 Å². The standard InChI is InChI=1S/C22H28N2O/c1-18(23-14-10-21(11-15-23)24-12-4-5-13-24)17-25-22-9-8-19-6-2-3-7-20(19)16-22/h2-3,6-9,16,21H,1,4-5,10-15,17H2. The van der Waals surface area contributed by atoms with Gasteiger partial charge in [-0.2, -0.15) is 0 Å². The van der Waals surface area contributed by atoms with Gasteiger partial charge in [-0.25, -0.2) is 0 Å². The molecule has 132 valence electrons. The molecule has 0 radical (unpaired) electrons. The van der Waals surface area contributed by atoms with Gasteiger partial charge in [0.25, 0.3) is 0 Å². The van der Waals surface area contributed by atoms with Crippen LogP contribution in [0.5, 0.6) is 5.75 Å². The van der Waals surface area contributed by atoms with Crippen LogP contribution in [0, 0.1) is 0 Å². The highest BCUT2D eigenvalue weighted by molar-refractivity contribution is 5.83. The number of piperidine rings is 1. The quantitative estimate of drug-likeness (QED) is 0.810. The van der Waals surface area contributed by atoms with Gasteiger partial charge >= 0.3 is 0 Å². The highest BCUT2D eigenvalue weighted by atomic mass is 16.5. The van der Waals surface area contributed by atoms with Crippen LogP contribution in [0.15, 0.2) is 54.7 Å². The Morgan fingerprint density at radius 3 is 2.44 bits per heavy atom. The monoisotopic (exact) mass is 336 g/mol. The summed E-state index contributed by atoms with van der Waals surface area (Å²) in [6, 6.07) is 15.5. The molecule has 0 amide bonds. The minimum absolute atomic E-state index is 0.576. The fourth-order valence-electron chi connectivity index (χ4n) is 4.17. The maximum Gasteiger partial charge on any atom is 0.127 e. The molecule has 0 unspecified atom stereocenters. The minimum Gasteiger partial charge on any atom is -0.487 e. The molecule has 2 fully saturated rings. The van der Waals surface area contributed by atoms with Crippen LogP contribution in [-0.4, -0.2) is 48.6 Å². The first kappa shape index (κ1) is 16.5. The van der Waals surface area contributed by atoms with Crippen molar-refractivity contribution < 1.29 is 4.74 Å². The van der Waals surface area contributed by atoms with E-state index in [9.17, 15) is 0 Å². The molecule has 0 aromatic heterocycles. The van der Waals surface area contributed by atoms with Gasteiger partial charge in [-0.15, -0.1) is 0 Å². The van der Waals surface area contributed by atoms with E-state index in [1.54, 1.807) is 0 Å². The lowest BCUT2D eigenvalue weighted by Gasteiger charge is -2.38. The smallest absolute Gasteiger partial charge is 0.127 e. The third kappa shape index (κ3) is 3.82. The number of likely N-dealkylation sites (tertiary alicyclic amines) is 2. The Morgan fingerprint density at radius 1 is 0.960 bits per heavy atom. The van der Waals surface area contributed by atoms with Crippen LogP contribution in [0.3, 0.4) is 0 Å². The Labute approximate surface area is 150 Å². The van der Waals surface area contributed by atoms with Crippen LogP contribution in [0.25, 0.3) is 10.8 Å². The molecule has 0 atom stereocenters. The number of nitrogens with zero attached hydrogens (tertiary/aromatic N) is 2. The zero-order chi connectivity index (χ0) is 17.1. The van der Waals surface area contributed by atoms with Gasteiger partial charge in [0.2, 0.25) is 0 Å². The summed E-state index contributed by atoms with van der Waals surface area (Å²) in [7, 11) is 0. The van der Waals surface area contributed by atoms with Crippen LogP contribution in [-0.2, 0) is 0 Å². The van der Waals surface area contributed by atoms with E-state index in [1.165, 1.54) is 49.5 Å². The number of hydrogen-bond acceptors (Lipinski definition) is 3. The fourth-order valence-corrected chi connectivity index (χ4v) is 4.17. The second kappa shape index (κ2) is 7.49. The molecule has 3 heteroatoms. The molecule has 2 aromatic rings. The van der Waals surface area contributed by atoms with E-state index in [0.717, 1.165) is 30.6 Å². The molecule has 2 aromatic carbocycles. The number of rotatable bonds is 5. The van der Waals surface area contributed by atoms with Gasteiger partial charge in [0, 0.05) is 24.8 Å². The van der Waals surface area contributed by atoms with Crippen LogP contribution in [0.1, 0.15) is 25.7 Å². The predicted molar refractivity (Wildman–Crippen MR) is 104 cm³/mol. The van der Waals surface area contributed by atoms with Gasteiger partial charge in [-0.1, -0.05) is 36.9 Å². The maximum absolute atomic E-state index is 6.00. The molecular weight excluding hydrogens is 308 g/mol. The lowest BCUT2D eigenvalue weighted by atomic mass is 10.0. The van der Waals surface area contributed by atoms with Crippen molar-refractivity contribution in [2.75, 3.05) is 32.8 Å². The van der Waals surface area contributed by atoms with Crippen LogP contribution in [0.4, 0.5) is 0 Å². The molecule has 2 saturated heterocycles. The SMILES string of the molecule is C=C(COc1ccc2ccccc2c1)N1CCC(N2CCCC2)CC1. The van der Waals surface area contributed by atoms with Crippen molar-refractivity contribution in [3.63, 3.8) is 0 Å². The lowest BCUT2D eigenvalue weighted by molar-refractivity contribution is 0.139. The third-order valence-electron chi connectivity index (χ3n) is 5.70. The summed E-state index contributed by atoms with van der Waals surface area (Å²) in [4.78, 5) is 5.10. The summed E-state index contributed by atoms with van der Waals surface area (Å²) < 4.78 is 6.00. The summed E-state index contributed by atoms with van der Waals surface area (Å²) in [6.45, 7) is 9.67. The second-order valence-corrected chi connectivity index (χ2v) is 7.33. The van der Waals surface area contributed by atoms with Crippen LogP contribution >= 0.6 is 0 Å². The van der Waals surface area contributed by atoms with Gasteiger partial charge in [0.15, 0.2) is 0 Å². The Balaban J connectivity index is 1.28. The Morgan fingerprint density at radius 2 is 1.68 bits per heavy atom. The molecule has 0 N–H and O–H groups in total. The first-order chi connectivity index (χ1) is 12.3. The van der Waals surface area contributed by atoms with Crippen molar-refractivity contribution >= 4 is 10.8 Å². The Hall–Kier alpha value is -2.00. The van der Waals surface area contributed by atoms with Crippen molar-refractivity contribution in [3.05, 3.63) is 54.7 Å². The Bertz CT molecular complexity index is 728. The summed E-state index contributed by atoms with van der Waals surface area (Å²) in [6.07, 6.45) is 5.28. The van der Waals surface area contributed by atoms with Gasteiger partial charge in [-0.3, -0.25) is 0 Å². The largest absolute Gasteiger partial charge is 0.487 e. The van der Waals surface area contributed by atoms with E-state index in [-0.39, 0.29) is 0 Å². The molecule has 3 nitrogen and oxygen atoms in total. The average molecular weight is 336 g/mol. The van der Waals surface area contributed by atoms with Gasteiger partial charge in [-0.05, 0) is 61.7 Å². The third-order valence-corrected chi connectivity index (χ3v) is 5.70. The normalized spacial score (nSPS) is 19.4. The van der Waals surface area contributed by atoms with Gasteiger partial charge < -0.3 is 14.5 Å². The van der Waals surface area contributed by atoms with Gasteiger partial charge in [0.05, 0.1) is 0 Å². The molecule has 2 aliphatic heterocycles. The lowest BCUT2D eigenvalue weighted by Crippen LogP contribution is -2.43. The van der Waals surface area contributed by atoms with E-state index in [1.807, 2.05) is 0 Å². The second-order valence-electron chi connectivity index (χ2n) is 7.33. The first-order valence-corrected chi connectivity index (χ1v) is 9.58. The zero-order valence-corrected chi connectivity index (χ0v) is 15.0. The Kier molecular flexibility index (Phi) is 4.93. The molecule has 2 heterocycles. The van der Waals surface area contributed by atoms with Crippen molar-refractivity contribution in [3.8, 4) is 5.75 Å². The highest BCUT2D eigenvalue weighted by Crippen LogP contribution is 2.24. The van der Waals surface area contributed by atoms with E-state index >= 15 is 0 Å². The first-order valence-electron chi connectivity index (χ1n) is 9.58. The molecular formula is C22H28N2O. The number of ether oxygens (including phenoxy) is 1. The van der Waals surface area contributed by atoms with Crippen molar-refractivity contribution in [1.82, 2.24) is 9.80 Å². The van der Waals surface area contributed by atoms with Crippen molar-refractivity contribution in [2.24, 2.45) is 0 Å². The van der Waals surface area contributed by atoms with Gasteiger partial charge in [0.1, 0.15) is 12.4 Å². The average Bonchev–Trinajstić information content (AvgIpc) is 3.21. The molecule has 0 aliphatic carbocycles. The molecule has 0 bridgehead atoms. The molecule has 25 heavy (non-hydrogen) atoms. The zero-order valence-electron chi connectivity index (χ0n) is 15.0. The van der Waals surface area contributed by atoms with Crippen LogP contribution in [0.2, 0.25) is 0 Å². The van der Waals surface area contributed by atoms with E-state index in [0.29, 0.717) is 6.61 Å². The summed E-state index contributed by atoms with van der Waals surface area (Å²) in [5.41, 5.74) is 1.10. The molecule has 0 spiro atoms. The summed E-state index contributed by atoms with van der Waals surface area (Å²) >= 11 is 0. The minimum atomic E-state index is 0.576. The number of hydrogen-bond donors (Lipinski definition) is 0. The van der Waals surface area contributed by atoms with E-state index in [2.05, 4.69) is 58.8 Å². The number of benzene rings is 2. The van der Waals surface area contributed by atoms with E-state index in [4.69, 9.17) is 4.74 Å².